The molecule has 144 valence electrons. The molecule has 0 saturated carbocycles. The summed E-state index contributed by atoms with van der Waals surface area (Å²) in [7, 11) is 0. The Hall–Kier alpha value is -2.66. The van der Waals surface area contributed by atoms with Crippen LogP contribution in [-0.4, -0.2) is 40.2 Å². The Morgan fingerprint density at radius 1 is 1.11 bits per heavy atom. The van der Waals surface area contributed by atoms with Crippen molar-refractivity contribution in [2.24, 2.45) is 5.92 Å². The Kier molecular flexibility index (Phi) is 4.40. The fourth-order valence-electron chi connectivity index (χ4n) is 4.59. The Morgan fingerprint density at radius 2 is 1.89 bits per heavy atom. The molecule has 5 heteroatoms. The number of ether oxygens (including phenoxy) is 1. The molecule has 6 rings (SSSR count). The van der Waals surface area contributed by atoms with Crippen LogP contribution in [0.2, 0.25) is 0 Å². The van der Waals surface area contributed by atoms with Crippen LogP contribution in [0.5, 0.6) is 5.75 Å². The van der Waals surface area contributed by atoms with Crippen molar-refractivity contribution in [2.75, 3.05) is 19.6 Å². The van der Waals surface area contributed by atoms with Crippen molar-refractivity contribution < 1.29 is 4.74 Å². The van der Waals surface area contributed by atoms with E-state index in [0.29, 0.717) is 23.7 Å². The SMILES string of the molecule is CCn1c(-c2ccccc2)nc2ccc(O[C@@H]3CN4CCC3CC4)cc2c1=O. The number of hydrogen-bond donors (Lipinski definition) is 0. The monoisotopic (exact) mass is 375 g/mol. The minimum absolute atomic E-state index is 0.00859. The van der Waals surface area contributed by atoms with Gasteiger partial charge in [-0.05, 0) is 57.0 Å². The number of aromatic nitrogens is 2. The molecule has 1 aromatic heterocycles. The van der Waals surface area contributed by atoms with Crippen LogP contribution in [-0.2, 0) is 6.54 Å². The van der Waals surface area contributed by atoms with Crippen LogP contribution in [0.1, 0.15) is 19.8 Å². The lowest BCUT2D eigenvalue weighted by Crippen LogP contribution is -2.52. The maximum absolute atomic E-state index is 13.2. The zero-order chi connectivity index (χ0) is 19.1. The molecule has 0 spiro atoms. The largest absolute Gasteiger partial charge is 0.489 e. The van der Waals surface area contributed by atoms with E-state index in [0.717, 1.165) is 23.4 Å². The fourth-order valence-corrected chi connectivity index (χ4v) is 4.59. The quantitative estimate of drug-likeness (QED) is 0.700. The average Bonchev–Trinajstić information content (AvgIpc) is 2.75. The van der Waals surface area contributed by atoms with Gasteiger partial charge < -0.3 is 4.74 Å². The van der Waals surface area contributed by atoms with Crippen molar-refractivity contribution in [1.82, 2.24) is 14.5 Å². The Bertz CT molecular complexity index is 1050. The van der Waals surface area contributed by atoms with Gasteiger partial charge in [-0.3, -0.25) is 14.3 Å². The molecule has 3 aliphatic rings. The summed E-state index contributed by atoms with van der Waals surface area (Å²) < 4.78 is 8.07. The van der Waals surface area contributed by atoms with Gasteiger partial charge in [-0.1, -0.05) is 30.3 Å². The van der Waals surface area contributed by atoms with Crippen LogP contribution in [0.15, 0.2) is 53.3 Å². The van der Waals surface area contributed by atoms with Crippen LogP contribution < -0.4 is 10.3 Å². The number of benzene rings is 2. The molecule has 3 fully saturated rings. The summed E-state index contributed by atoms with van der Waals surface area (Å²) in [5, 5.41) is 0.625. The van der Waals surface area contributed by atoms with Gasteiger partial charge in [0.05, 0.1) is 10.9 Å². The van der Waals surface area contributed by atoms with Gasteiger partial charge in [0.25, 0.3) is 5.56 Å². The zero-order valence-electron chi connectivity index (χ0n) is 16.2. The Morgan fingerprint density at radius 3 is 2.57 bits per heavy atom. The minimum atomic E-state index is -0.00859. The van der Waals surface area contributed by atoms with Crippen molar-refractivity contribution >= 4 is 10.9 Å². The molecule has 28 heavy (non-hydrogen) atoms. The summed E-state index contributed by atoms with van der Waals surface area (Å²) in [6, 6.07) is 15.6. The van der Waals surface area contributed by atoms with Gasteiger partial charge >= 0.3 is 0 Å². The average molecular weight is 375 g/mol. The summed E-state index contributed by atoms with van der Waals surface area (Å²) in [6.07, 6.45) is 2.65. The summed E-state index contributed by atoms with van der Waals surface area (Å²) in [5.41, 5.74) is 1.66. The van der Waals surface area contributed by atoms with Gasteiger partial charge in [0.1, 0.15) is 17.7 Å². The van der Waals surface area contributed by atoms with E-state index in [1.807, 2.05) is 55.5 Å². The highest BCUT2D eigenvalue weighted by Crippen LogP contribution is 2.31. The topological polar surface area (TPSA) is 47.4 Å². The van der Waals surface area contributed by atoms with E-state index in [-0.39, 0.29) is 11.7 Å². The Balaban J connectivity index is 1.53. The molecule has 3 aliphatic heterocycles. The molecule has 3 saturated heterocycles. The van der Waals surface area contributed by atoms with Gasteiger partial charge in [-0.25, -0.2) is 4.98 Å². The third kappa shape index (κ3) is 3.00. The van der Waals surface area contributed by atoms with Gasteiger partial charge in [-0.15, -0.1) is 0 Å². The maximum atomic E-state index is 13.2. The first-order chi connectivity index (χ1) is 13.7. The van der Waals surface area contributed by atoms with Crippen LogP contribution in [0.3, 0.4) is 0 Å². The van der Waals surface area contributed by atoms with Crippen LogP contribution in [0.25, 0.3) is 22.3 Å². The lowest BCUT2D eigenvalue weighted by atomic mass is 9.86. The standard InChI is InChI=1S/C23H25N3O2/c1-2-26-22(17-6-4-3-5-7-17)24-20-9-8-18(14-19(20)23(26)27)28-21-15-25-12-10-16(21)11-13-25/h3-9,14,16,21H,2,10-13,15H2,1H3/t21-/m1/s1. The smallest absolute Gasteiger partial charge is 0.261 e. The van der Waals surface area contributed by atoms with Crippen LogP contribution >= 0.6 is 0 Å². The van der Waals surface area contributed by atoms with E-state index in [4.69, 9.17) is 9.72 Å². The number of nitrogens with zero attached hydrogens (tertiary/aromatic N) is 3. The van der Waals surface area contributed by atoms with Gasteiger partial charge in [-0.2, -0.15) is 0 Å². The van der Waals surface area contributed by atoms with E-state index in [1.54, 1.807) is 4.57 Å². The first-order valence-corrected chi connectivity index (χ1v) is 10.2. The third-order valence-electron chi connectivity index (χ3n) is 6.16. The van der Waals surface area contributed by atoms with Gasteiger partial charge in [0.2, 0.25) is 0 Å². The van der Waals surface area contributed by atoms with Gasteiger partial charge in [0, 0.05) is 18.7 Å². The molecule has 4 heterocycles. The van der Waals surface area contributed by atoms with Crippen molar-refractivity contribution in [1.29, 1.82) is 0 Å². The fraction of sp³-hybridized carbons (Fsp3) is 0.391. The number of fused-ring (bicyclic) bond motifs is 4. The number of rotatable bonds is 4. The summed E-state index contributed by atoms with van der Waals surface area (Å²) in [6.45, 7) is 5.93. The first kappa shape index (κ1) is 17.4. The molecule has 2 aromatic carbocycles. The maximum Gasteiger partial charge on any atom is 0.261 e. The van der Waals surface area contributed by atoms with E-state index >= 15 is 0 Å². The van der Waals surface area contributed by atoms with Crippen molar-refractivity contribution in [3.8, 4) is 17.1 Å². The number of hydrogen-bond acceptors (Lipinski definition) is 4. The van der Waals surface area contributed by atoms with Crippen LogP contribution in [0.4, 0.5) is 0 Å². The summed E-state index contributed by atoms with van der Waals surface area (Å²) in [4.78, 5) is 20.5. The molecule has 3 aromatic rings. The molecule has 0 N–H and O–H groups in total. The highest BCUT2D eigenvalue weighted by molar-refractivity contribution is 5.81. The second-order valence-electron chi connectivity index (χ2n) is 7.82. The van der Waals surface area contributed by atoms with E-state index in [9.17, 15) is 4.79 Å². The van der Waals surface area contributed by atoms with E-state index in [1.165, 1.54) is 25.9 Å². The van der Waals surface area contributed by atoms with E-state index < -0.39 is 0 Å². The summed E-state index contributed by atoms with van der Waals surface area (Å²) >= 11 is 0. The molecular formula is C23H25N3O2. The summed E-state index contributed by atoms with van der Waals surface area (Å²) in [5.74, 6) is 2.12. The third-order valence-corrected chi connectivity index (χ3v) is 6.16. The second kappa shape index (κ2) is 7.06. The molecule has 0 unspecified atom stereocenters. The molecule has 5 nitrogen and oxygen atoms in total. The van der Waals surface area contributed by atoms with Crippen molar-refractivity contribution in [3.05, 3.63) is 58.9 Å². The van der Waals surface area contributed by atoms with Crippen LogP contribution in [0, 0.1) is 5.92 Å². The highest BCUT2D eigenvalue weighted by Gasteiger charge is 2.35. The zero-order valence-corrected chi connectivity index (χ0v) is 16.2. The van der Waals surface area contributed by atoms with Crippen molar-refractivity contribution in [3.63, 3.8) is 0 Å². The normalized spacial score (nSPS) is 23.8. The predicted molar refractivity (Wildman–Crippen MR) is 111 cm³/mol. The van der Waals surface area contributed by atoms with Gasteiger partial charge in [0.15, 0.2) is 0 Å². The molecular weight excluding hydrogens is 350 g/mol. The Labute approximate surface area is 164 Å². The molecule has 0 radical (unpaired) electrons. The molecule has 0 amide bonds. The lowest BCUT2D eigenvalue weighted by molar-refractivity contribution is -0.00769. The molecule has 2 bridgehead atoms. The molecule has 0 aliphatic carbocycles. The minimum Gasteiger partial charge on any atom is -0.489 e. The second-order valence-corrected chi connectivity index (χ2v) is 7.82. The predicted octanol–water partition coefficient (Wildman–Crippen LogP) is 3.56. The van der Waals surface area contributed by atoms with E-state index in [2.05, 4.69) is 4.90 Å². The highest BCUT2D eigenvalue weighted by atomic mass is 16.5. The number of piperidine rings is 3. The molecule has 1 atom stereocenters. The lowest BCUT2D eigenvalue weighted by Gasteiger charge is -2.44. The first-order valence-electron chi connectivity index (χ1n) is 10.2. The van der Waals surface area contributed by atoms with Crippen molar-refractivity contribution in [2.45, 2.75) is 32.4 Å².